The molecule has 0 aliphatic rings. The Kier molecular flexibility index (Phi) is 4.95. The number of carboxylic acids is 1. The third-order valence-electron chi connectivity index (χ3n) is 2.32. The molecule has 16 heavy (non-hydrogen) atoms. The molecule has 0 radical (unpaired) electrons. The maximum Gasteiger partial charge on any atom is 0.333 e. The molecule has 88 valence electrons. The van der Waals surface area contributed by atoms with E-state index in [0.29, 0.717) is 13.0 Å². The van der Waals surface area contributed by atoms with Crippen LogP contribution in [-0.4, -0.2) is 31.4 Å². The molecular formula is C12H16O4. The van der Waals surface area contributed by atoms with Gasteiger partial charge in [-0.25, -0.2) is 4.79 Å². The molecule has 0 saturated carbocycles. The Morgan fingerprint density at radius 3 is 2.25 bits per heavy atom. The van der Waals surface area contributed by atoms with Crippen molar-refractivity contribution in [2.24, 2.45) is 0 Å². The van der Waals surface area contributed by atoms with Crippen molar-refractivity contribution in [1.82, 2.24) is 0 Å². The van der Waals surface area contributed by atoms with Gasteiger partial charge in [0.05, 0.1) is 6.61 Å². The normalized spacial score (nSPS) is 12.4. The average molecular weight is 224 g/mol. The van der Waals surface area contributed by atoms with Gasteiger partial charge < -0.3 is 14.6 Å². The summed E-state index contributed by atoms with van der Waals surface area (Å²) < 4.78 is 9.86. The van der Waals surface area contributed by atoms with Gasteiger partial charge in [0, 0.05) is 20.6 Å². The lowest BCUT2D eigenvalue weighted by molar-refractivity contribution is -0.148. The van der Waals surface area contributed by atoms with E-state index in [1.165, 1.54) is 7.11 Å². The van der Waals surface area contributed by atoms with E-state index in [1.807, 2.05) is 24.3 Å². The maximum atomic E-state index is 10.8. The standard InChI is InChI=1S/C12H16O4/c1-15-8-10-5-3-9(4-6-10)7-11(16-2)12(13)14/h3-6,11H,7-8H2,1-2H3,(H,13,14). The van der Waals surface area contributed by atoms with Crippen molar-refractivity contribution in [2.45, 2.75) is 19.1 Å². The molecule has 0 amide bonds. The number of hydrogen-bond acceptors (Lipinski definition) is 3. The zero-order valence-electron chi connectivity index (χ0n) is 9.47. The number of carboxylic acid groups (broad SMARTS) is 1. The number of rotatable bonds is 6. The van der Waals surface area contributed by atoms with Crippen LogP contribution in [-0.2, 0) is 27.3 Å². The van der Waals surface area contributed by atoms with Crippen molar-refractivity contribution in [1.29, 1.82) is 0 Å². The number of ether oxygens (including phenoxy) is 2. The van der Waals surface area contributed by atoms with E-state index in [-0.39, 0.29) is 0 Å². The predicted octanol–water partition coefficient (Wildman–Crippen LogP) is 1.48. The van der Waals surface area contributed by atoms with Gasteiger partial charge in [-0.3, -0.25) is 0 Å². The van der Waals surface area contributed by atoms with Crippen LogP contribution in [0.5, 0.6) is 0 Å². The highest BCUT2D eigenvalue weighted by molar-refractivity contribution is 5.72. The van der Waals surface area contributed by atoms with Crippen LogP contribution < -0.4 is 0 Å². The summed E-state index contributed by atoms with van der Waals surface area (Å²) in [6.45, 7) is 0.562. The largest absolute Gasteiger partial charge is 0.479 e. The summed E-state index contributed by atoms with van der Waals surface area (Å²) in [5.74, 6) is -0.941. The van der Waals surface area contributed by atoms with Crippen LogP contribution in [0.25, 0.3) is 0 Å². The van der Waals surface area contributed by atoms with Crippen LogP contribution in [0, 0.1) is 0 Å². The molecule has 4 nitrogen and oxygen atoms in total. The van der Waals surface area contributed by atoms with Crippen molar-refractivity contribution in [3.05, 3.63) is 35.4 Å². The SMILES string of the molecule is COCc1ccc(CC(OC)C(=O)O)cc1. The van der Waals surface area contributed by atoms with Crippen molar-refractivity contribution in [3.63, 3.8) is 0 Å². The summed E-state index contributed by atoms with van der Waals surface area (Å²) in [4.78, 5) is 10.8. The van der Waals surface area contributed by atoms with Gasteiger partial charge in [-0.2, -0.15) is 0 Å². The molecule has 0 saturated heterocycles. The highest BCUT2D eigenvalue weighted by Crippen LogP contribution is 2.09. The monoisotopic (exact) mass is 224 g/mol. The second-order valence-electron chi connectivity index (χ2n) is 3.52. The number of methoxy groups -OCH3 is 2. The lowest BCUT2D eigenvalue weighted by Gasteiger charge is -2.10. The first-order valence-electron chi connectivity index (χ1n) is 4.99. The Morgan fingerprint density at radius 1 is 1.25 bits per heavy atom. The molecular weight excluding hydrogens is 208 g/mol. The molecule has 1 unspecified atom stereocenters. The van der Waals surface area contributed by atoms with Gasteiger partial charge in [0.2, 0.25) is 0 Å². The third kappa shape index (κ3) is 3.64. The topological polar surface area (TPSA) is 55.8 Å². The number of carbonyl (C=O) groups is 1. The summed E-state index contributed by atoms with van der Waals surface area (Å²) in [5, 5.41) is 8.83. The van der Waals surface area contributed by atoms with Gasteiger partial charge in [0.15, 0.2) is 6.10 Å². The van der Waals surface area contributed by atoms with Gasteiger partial charge >= 0.3 is 5.97 Å². The molecule has 0 aliphatic heterocycles. The smallest absolute Gasteiger partial charge is 0.333 e. The fraction of sp³-hybridized carbons (Fsp3) is 0.417. The maximum absolute atomic E-state index is 10.8. The van der Waals surface area contributed by atoms with Gasteiger partial charge in [0.1, 0.15) is 0 Å². The Labute approximate surface area is 94.8 Å². The lowest BCUT2D eigenvalue weighted by Crippen LogP contribution is -2.24. The molecule has 0 spiro atoms. The fourth-order valence-electron chi connectivity index (χ4n) is 1.42. The van der Waals surface area contributed by atoms with E-state index in [4.69, 9.17) is 14.6 Å². The van der Waals surface area contributed by atoms with Gasteiger partial charge in [0.25, 0.3) is 0 Å². The Morgan fingerprint density at radius 2 is 1.81 bits per heavy atom. The quantitative estimate of drug-likeness (QED) is 0.795. The molecule has 1 atom stereocenters. The molecule has 1 aromatic carbocycles. The summed E-state index contributed by atoms with van der Waals surface area (Å²) in [6, 6.07) is 7.63. The van der Waals surface area contributed by atoms with Gasteiger partial charge in [-0.1, -0.05) is 24.3 Å². The first-order chi connectivity index (χ1) is 7.67. The van der Waals surface area contributed by atoms with Crippen molar-refractivity contribution >= 4 is 5.97 Å². The lowest BCUT2D eigenvalue weighted by atomic mass is 10.1. The van der Waals surface area contributed by atoms with Crippen LogP contribution >= 0.6 is 0 Å². The van der Waals surface area contributed by atoms with E-state index >= 15 is 0 Å². The van der Waals surface area contributed by atoms with Crippen molar-refractivity contribution < 1.29 is 19.4 Å². The third-order valence-corrected chi connectivity index (χ3v) is 2.32. The van der Waals surface area contributed by atoms with E-state index < -0.39 is 12.1 Å². The minimum atomic E-state index is -0.941. The molecule has 1 N–H and O–H groups in total. The first-order valence-corrected chi connectivity index (χ1v) is 4.99. The van der Waals surface area contributed by atoms with Crippen LogP contribution in [0.3, 0.4) is 0 Å². The van der Waals surface area contributed by atoms with Crippen LogP contribution in [0.15, 0.2) is 24.3 Å². The molecule has 1 aromatic rings. The molecule has 0 bridgehead atoms. The van der Waals surface area contributed by atoms with Crippen LogP contribution in [0.1, 0.15) is 11.1 Å². The summed E-state index contributed by atoms with van der Waals surface area (Å²) in [7, 11) is 3.04. The second kappa shape index (κ2) is 6.25. The van der Waals surface area contributed by atoms with Gasteiger partial charge in [-0.05, 0) is 11.1 Å². The van der Waals surface area contributed by atoms with E-state index in [0.717, 1.165) is 11.1 Å². The van der Waals surface area contributed by atoms with E-state index in [9.17, 15) is 4.79 Å². The molecule has 1 rings (SSSR count). The van der Waals surface area contributed by atoms with Crippen molar-refractivity contribution in [3.8, 4) is 0 Å². The second-order valence-corrected chi connectivity index (χ2v) is 3.52. The van der Waals surface area contributed by atoms with Gasteiger partial charge in [-0.15, -0.1) is 0 Å². The van der Waals surface area contributed by atoms with Crippen LogP contribution in [0.4, 0.5) is 0 Å². The molecule has 0 aliphatic carbocycles. The molecule has 0 heterocycles. The highest BCUT2D eigenvalue weighted by Gasteiger charge is 2.16. The molecule has 0 fully saturated rings. The Bertz CT molecular complexity index is 331. The number of benzene rings is 1. The number of aliphatic carboxylic acids is 1. The minimum Gasteiger partial charge on any atom is -0.479 e. The molecule has 0 aromatic heterocycles. The Balaban J connectivity index is 2.63. The van der Waals surface area contributed by atoms with Crippen molar-refractivity contribution in [2.75, 3.05) is 14.2 Å². The van der Waals surface area contributed by atoms with Crippen LogP contribution in [0.2, 0.25) is 0 Å². The van der Waals surface area contributed by atoms with E-state index in [1.54, 1.807) is 7.11 Å². The zero-order chi connectivity index (χ0) is 12.0. The summed E-state index contributed by atoms with van der Waals surface area (Å²) in [5.41, 5.74) is 2.00. The fourth-order valence-corrected chi connectivity index (χ4v) is 1.42. The first kappa shape index (κ1) is 12.7. The Hall–Kier alpha value is -1.39. The highest BCUT2D eigenvalue weighted by atomic mass is 16.5. The average Bonchev–Trinajstić information content (AvgIpc) is 2.28. The summed E-state index contributed by atoms with van der Waals surface area (Å²) >= 11 is 0. The minimum absolute atomic E-state index is 0.374. The molecule has 4 heteroatoms. The number of hydrogen-bond donors (Lipinski definition) is 1. The predicted molar refractivity (Wildman–Crippen MR) is 59.3 cm³/mol. The van der Waals surface area contributed by atoms with E-state index in [2.05, 4.69) is 0 Å². The summed E-state index contributed by atoms with van der Waals surface area (Å²) in [6.07, 6.45) is -0.410. The zero-order valence-corrected chi connectivity index (χ0v) is 9.47.